The Bertz CT molecular complexity index is 654. The molecule has 0 spiro atoms. The Kier molecular flexibility index (Phi) is 3.54. The van der Waals surface area contributed by atoms with E-state index in [0.29, 0.717) is 12.1 Å². The van der Waals surface area contributed by atoms with Gasteiger partial charge >= 0.3 is 5.97 Å². The van der Waals surface area contributed by atoms with Gasteiger partial charge in [-0.05, 0) is 26.1 Å². The number of aliphatic carboxylic acids is 1. The average molecular weight is 257 g/mol. The number of hydrogen-bond donors (Lipinski definition) is 1. The van der Waals surface area contributed by atoms with Gasteiger partial charge in [0.1, 0.15) is 12.1 Å². The predicted molar refractivity (Wildman–Crippen MR) is 70.7 cm³/mol. The first-order valence-electron chi connectivity index (χ1n) is 5.96. The molecule has 1 N–H and O–H groups in total. The SMILES string of the molecule is CC(C(=O)O)N(C)Cc1cn2ccccc2c1C#N. The van der Waals surface area contributed by atoms with E-state index in [-0.39, 0.29) is 0 Å². The second-order valence-electron chi connectivity index (χ2n) is 4.56. The highest BCUT2D eigenvalue weighted by Gasteiger charge is 2.19. The van der Waals surface area contributed by atoms with Crippen molar-refractivity contribution in [2.24, 2.45) is 0 Å². The minimum atomic E-state index is -0.871. The number of pyridine rings is 1. The summed E-state index contributed by atoms with van der Waals surface area (Å²) in [5, 5.41) is 18.3. The van der Waals surface area contributed by atoms with Crippen molar-refractivity contribution in [3.05, 3.63) is 41.7 Å². The van der Waals surface area contributed by atoms with Crippen LogP contribution in [0.25, 0.3) is 5.52 Å². The summed E-state index contributed by atoms with van der Waals surface area (Å²) in [5.41, 5.74) is 2.28. The fourth-order valence-electron chi connectivity index (χ4n) is 2.02. The smallest absolute Gasteiger partial charge is 0.320 e. The third kappa shape index (κ3) is 2.44. The van der Waals surface area contributed by atoms with E-state index in [1.165, 1.54) is 0 Å². The molecule has 2 rings (SSSR count). The first-order valence-corrected chi connectivity index (χ1v) is 5.96. The molecule has 0 saturated heterocycles. The van der Waals surface area contributed by atoms with E-state index in [0.717, 1.165) is 11.1 Å². The molecule has 0 radical (unpaired) electrons. The lowest BCUT2D eigenvalue weighted by molar-refractivity contribution is -0.142. The van der Waals surface area contributed by atoms with E-state index in [1.807, 2.05) is 35.0 Å². The molecule has 0 amide bonds. The Balaban J connectivity index is 2.36. The second-order valence-corrected chi connectivity index (χ2v) is 4.56. The largest absolute Gasteiger partial charge is 0.480 e. The van der Waals surface area contributed by atoms with Gasteiger partial charge in [-0.3, -0.25) is 9.69 Å². The van der Waals surface area contributed by atoms with Crippen LogP contribution in [0.4, 0.5) is 0 Å². The highest BCUT2D eigenvalue weighted by Crippen LogP contribution is 2.19. The van der Waals surface area contributed by atoms with Crippen LogP contribution in [0.15, 0.2) is 30.6 Å². The molecule has 19 heavy (non-hydrogen) atoms. The Labute approximate surface area is 111 Å². The van der Waals surface area contributed by atoms with Crippen molar-refractivity contribution in [3.63, 3.8) is 0 Å². The fourth-order valence-corrected chi connectivity index (χ4v) is 2.02. The van der Waals surface area contributed by atoms with Gasteiger partial charge in [0, 0.05) is 24.5 Å². The Morgan fingerprint density at radius 2 is 2.32 bits per heavy atom. The van der Waals surface area contributed by atoms with E-state index in [4.69, 9.17) is 5.11 Å². The third-order valence-electron chi connectivity index (χ3n) is 3.31. The van der Waals surface area contributed by atoms with E-state index >= 15 is 0 Å². The second kappa shape index (κ2) is 5.12. The van der Waals surface area contributed by atoms with Gasteiger partial charge in [0.15, 0.2) is 0 Å². The third-order valence-corrected chi connectivity index (χ3v) is 3.31. The van der Waals surface area contributed by atoms with Crippen molar-refractivity contribution in [2.45, 2.75) is 19.5 Å². The van der Waals surface area contributed by atoms with Crippen LogP contribution in [0.2, 0.25) is 0 Å². The minimum absolute atomic E-state index is 0.429. The molecule has 1 unspecified atom stereocenters. The molecule has 0 aliphatic carbocycles. The van der Waals surface area contributed by atoms with Gasteiger partial charge in [-0.1, -0.05) is 6.07 Å². The average Bonchev–Trinajstić information content (AvgIpc) is 2.74. The first kappa shape index (κ1) is 13.1. The summed E-state index contributed by atoms with van der Waals surface area (Å²) in [4.78, 5) is 12.7. The maximum atomic E-state index is 10.9. The maximum Gasteiger partial charge on any atom is 0.320 e. The van der Waals surface area contributed by atoms with Crippen LogP contribution < -0.4 is 0 Å². The maximum absolute atomic E-state index is 10.9. The standard InChI is InChI=1S/C14H15N3O2/c1-10(14(18)19)16(2)8-11-9-17-6-4-3-5-13(17)12(11)7-15/h3-6,9-10H,8H2,1-2H3,(H,18,19). The molecule has 2 aromatic rings. The van der Waals surface area contributed by atoms with Crippen LogP contribution in [0, 0.1) is 11.3 Å². The van der Waals surface area contributed by atoms with Crippen LogP contribution in [0.5, 0.6) is 0 Å². The number of nitriles is 1. The molecule has 2 aromatic heterocycles. The number of hydrogen-bond acceptors (Lipinski definition) is 3. The molecule has 5 heteroatoms. The van der Waals surface area contributed by atoms with Crippen molar-refractivity contribution >= 4 is 11.5 Å². The van der Waals surface area contributed by atoms with Gasteiger partial charge < -0.3 is 9.51 Å². The number of carbonyl (C=O) groups is 1. The predicted octanol–water partition coefficient (Wildman–Crippen LogP) is 1.72. The van der Waals surface area contributed by atoms with Crippen LogP contribution >= 0.6 is 0 Å². The van der Waals surface area contributed by atoms with Gasteiger partial charge in [-0.15, -0.1) is 0 Å². The molecule has 0 fully saturated rings. The molecule has 0 bridgehead atoms. The molecule has 0 saturated carbocycles. The number of fused-ring (bicyclic) bond motifs is 1. The molecule has 0 aliphatic rings. The summed E-state index contributed by atoms with van der Waals surface area (Å²) in [7, 11) is 1.74. The van der Waals surface area contributed by atoms with E-state index < -0.39 is 12.0 Å². The van der Waals surface area contributed by atoms with Gasteiger partial charge in [0.2, 0.25) is 0 Å². The van der Waals surface area contributed by atoms with Crippen molar-refractivity contribution < 1.29 is 9.90 Å². The van der Waals surface area contributed by atoms with Gasteiger partial charge in [0.05, 0.1) is 11.1 Å². The van der Waals surface area contributed by atoms with E-state index in [1.54, 1.807) is 18.9 Å². The summed E-state index contributed by atoms with van der Waals surface area (Å²) < 4.78 is 1.88. The van der Waals surface area contributed by atoms with Crippen molar-refractivity contribution in [3.8, 4) is 6.07 Å². The molecular weight excluding hydrogens is 242 g/mol. The van der Waals surface area contributed by atoms with Crippen LogP contribution in [0.3, 0.4) is 0 Å². The lowest BCUT2D eigenvalue weighted by atomic mass is 10.1. The number of aromatic nitrogens is 1. The normalized spacial score (nSPS) is 12.5. The van der Waals surface area contributed by atoms with Gasteiger partial charge in [-0.25, -0.2) is 0 Å². The molecule has 0 aromatic carbocycles. The number of carboxylic acid groups (broad SMARTS) is 1. The topological polar surface area (TPSA) is 68.7 Å². The summed E-state index contributed by atoms with van der Waals surface area (Å²) in [6.07, 6.45) is 3.75. The fraction of sp³-hybridized carbons (Fsp3) is 0.286. The van der Waals surface area contributed by atoms with Gasteiger partial charge in [0.25, 0.3) is 0 Å². The number of nitrogens with zero attached hydrogens (tertiary/aromatic N) is 3. The zero-order valence-corrected chi connectivity index (χ0v) is 10.9. The lowest BCUT2D eigenvalue weighted by Crippen LogP contribution is -2.35. The number of carboxylic acids is 1. The zero-order chi connectivity index (χ0) is 14.0. The van der Waals surface area contributed by atoms with Crippen LogP contribution in [0.1, 0.15) is 18.1 Å². The minimum Gasteiger partial charge on any atom is -0.480 e. The molecule has 98 valence electrons. The Morgan fingerprint density at radius 1 is 1.58 bits per heavy atom. The van der Waals surface area contributed by atoms with Crippen molar-refractivity contribution in [2.75, 3.05) is 7.05 Å². The lowest BCUT2D eigenvalue weighted by Gasteiger charge is -2.20. The first-order chi connectivity index (χ1) is 9.04. The number of likely N-dealkylation sites (N-methyl/N-ethyl adjacent to an activating group) is 1. The molecule has 1 atom stereocenters. The summed E-state index contributed by atoms with van der Waals surface area (Å²) >= 11 is 0. The summed E-state index contributed by atoms with van der Waals surface area (Å²) in [6, 6.07) is 7.26. The van der Waals surface area contributed by atoms with Gasteiger partial charge in [-0.2, -0.15) is 5.26 Å². The molecule has 2 heterocycles. The van der Waals surface area contributed by atoms with Crippen LogP contribution in [-0.2, 0) is 11.3 Å². The quantitative estimate of drug-likeness (QED) is 0.905. The monoisotopic (exact) mass is 257 g/mol. The molecule has 0 aliphatic heterocycles. The number of rotatable bonds is 4. The highest BCUT2D eigenvalue weighted by molar-refractivity contribution is 5.73. The summed E-state index contributed by atoms with van der Waals surface area (Å²) in [5.74, 6) is -0.871. The molecular formula is C14H15N3O2. The van der Waals surface area contributed by atoms with Crippen molar-refractivity contribution in [1.29, 1.82) is 5.26 Å². The Hall–Kier alpha value is -2.32. The van der Waals surface area contributed by atoms with Crippen LogP contribution in [-0.4, -0.2) is 33.5 Å². The highest BCUT2D eigenvalue weighted by atomic mass is 16.4. The molecule has 5 nitrogen and oxygen atoms in total. The summed E-state index contributed by atoms with van der Waals surface area (Å²) in [6.45, 7) is 2.06. The van der Waals surface area contributed by atoms with E-state index in [2.05, 4.69) is 6.07 Å². The van der Waals surface area contributed by atoms with E-state index in [9.17, 15) is 10.1 Å². The zero-order valence-electron chi connectivity index (χ0n) is 10.9. The Morgan fingerprint density at radius 3 is 2.95 bits per heavy atom. The van der Waals surface area contributed by atoms with Crippen molar-refractivity contribution in [1.82, 2.24) is 9.30 Å².